The number of ether oxygens (including phenoxy) is 3. The summed E-state index contributed by atoms with van der Waals surface area (Å²) in [4.78, 5) is 24.1. The molecule has 1 amide bonds. The van der Waals surface area contributed by atoms with E-state index in [0.717, 1.165) is 21.5 Å². The van der Waals surface area contributed by atoms with Crippen LogP contribution in [0.25, 0.3) is 10.2 Å². The Hall–Kier alpha value is -3.65. The zero-order chi connectivity index (χ0) is 21.2. The fraction of sp³-hybridized carbons (Fsp3) is 0.174. The number of hydrogen-bond acceptors (Lipinski definition) is 7. The van der Waals surface area contributed by atoms with Gasteiger partial charge in [0, 0.05) is 18.0 Å². The van der Waals surface area contributed by atoms with E-state index in [1.54, 1.807) is 35.5 Å². The van der Waals surface area contributed by atoms with Gasteiger partial charge in [-0.25, -0.2) is 4.98 Å². The van der Waals surface area contributed by atoms with Gasteiger partial charge in [0.25, 0.3) is 5.91 Å². The molecule has 0 saturated carbocycles. The first-order valence-electron chi connectivity index (χ1n) is 9.85. The first-order chi connectivity index (χ1) is 15.2. The first kappa shape index (κ1) is 19.3. The lowest BCUT2D eigenvalue weighted by Crippen LogP contribution is -2.30. The molecule has 1 aliphatic rings. The van der Waals surface area contributed by atoms with Crippen molar-refractivity contribution in [2.24, 2.45) is 0 Å². The lowest BCUT2D eigenvalue weighted by atomic mass is 10.1. The number of anilines is 1. The van der Waals surface area contributed by atoms with Crippen molar-refractivity contribution in [3.8, 4) is 17.2 Å². The van der Waals surface area contributed by atoms with Crippen LogP contribution in [0.3, 0.4) is 0 Å². The topological polar surface area (TPSA) is 73.8 Å². The van der Waals surface area contributed by atoms with Crippen molar-refractivity contribution in [1.82, 2.24) is 9.97 Å². The molecule has 156 valence electrons. The highest BCUT2D eigenvalue weighted by molar-refractivity contribution is 7.22. The van der Waals surface area contributed by atoms with Crippen LogP contribution >= 0.6 is 11.3 Å². The summed E-state index contributed by atoms with van der Waals surface area (Å²) in [5.41, 5.74) is 2.23. The van der Waals surface area contributed by atoms with E-state index in [9.17, 15) is 4.79 Å². The third-order valence-corrected chi connectivity index (χ3v) is 5.86. The molecule has 0 unspecified atom stereocenters. The highest BCUT2D eigenvalue weighted by Crippen LogP contribution is 2.35. The average molecular weight is 433 g/mol. The van der Waals surface area contributed by atoms with E-state index < -0.39 is 0 Å². The number of pyridine rings is 1. The minimum atomic E-state index is -0.175. The molecular weight excluding hydrogens is 414 g/mol. The van der Waals surface area contributed by atoms with Crippen LogP contribution in [-0.2, 0) is 6.54 Å². The van der Waals surface area contributed by atoms with Crippen molar-refractivity contribution in [1.29, 1.82) is 0 Å². The fourth-order valence-corrected chi connectivity index (χ4v) is 4.34. The van der Waals surface area contributed by atoms with Crippen molar-refractivity contribution < 1.29 is 19.0 Å². The van der Waals surface area contributed by atoms with Crippen LogP contribution in [0.2, 0.25) is 0 Å². The number of rotatable bonds is 6. The SMILES string of the molecule is CCOc1ccc2nc(N(Cc3cccnc3)C(=O)c3ccc4c(c3)OCO4)sc2c1. The highest BCUT2D eigenvalue weighted by Gasteiger charge is 2.24. The Bertz CT molecular complexity index is 1240. The number of thiazole rings is 1. The predicted molar refractivity (Wildman–Crippen MR) is 118 cm³/mol. The van der Waals surface area contributed by atoms with Crippen LogP contribution in [0, 0.1) is 0 Å². The second kappa shape index (κ2) is 8.23. The second-order valence-electron chi connectivity index (χ2n) is 6.88. The fourth-order valence-electron chi connectivity index (χ4n) is 3.35. The van der Waals surface area contributed by atoms with Crippen LogP contribution in [-0.4, -0.2) is 29.3 Å². The Morgan fingerprint density at radius 2 is 2.06 bits per heavy atom. The molecule has 4 aromatic rings. The number of amides is 1. The first-order valence-corrected chi connectivity index (χ1v) is 10.7. The third kappa shape index (κ3) is 3.89. The second-order valence-corrected chi connectivity index (χ2v) is 7.89. The Morgan fingerprint density at radius 3 is 2.90 bits per heavy atom. The number of nitrogens with zero attached hydrogens (tertiary/aromatic N) is 3. The number of hydrogen-bond donors (Lipinski definition) is 0. The van der Waals surface area contributed by atoms with Gasteiger partial charge < -0.3 is 14.2 Å². The number of carbonyl (C=O) groups excluding carboxylic acids is 1. The minimum absolute atomic E-state index is 0.159. The van der Waals surface area contributed by atoms with Crippen LogP contribution in [0.15, 0.2) is 60.9 Å². The molecule has 0 fully saturated rings. The lowest BCUT2D eigenvalue weighted by Gasteiger charge is -2.20. The molecule has 0 aliphatic carbocycles. The molecule has 0 saturated heterocycles. The van der Waals surface area contributed by atoms with E-state index in [4.69, 9.17) is 19.2 Å². The molecule has 0 spiro atoms. The van der Waals surface area contributed by atoms with Crippen LogP contribution < -0.4 is 19.1 Å². The number of aromatic nitrogens is 2. The predicted octanol–water partition coefficient (Wildman–Crippen LogP) is 4.67. The molecule has 3 heterocycles. The molecule has 7 nitrogen and oxygen atoms in total. The molecule has 1 aliphatic heterocycles. The maximum atomic E-state index is 13.5. The van der Waals surface area contributed by atoms with Gasteiger partial charge in [-0.15, -0.1) is 0 Å². The van der Waals surface area contributed by atoms with Gasteiger partial charge >= 0.3 is 0 Å². The molecular formula is C23H19N3O4S. The van der Waals surface area contributed by atoms with E-state index >= 15 is 0 Å². The number of carbonyl (C=O) groups is 1. The summed E-state index contributed by atoms with van der Waals surface area (Å²) in [7, 11) is 0. The highest BCUT2D eigenvalue weighted by atomic mass is 32.1. The van der Waals surface area contributed by atoms with E-state index in [1.165, 1.54) is 11.3 Å². The zero-order valence-electron chi connectivity index (χ0n) is 16.8. The monoisotopic (exact) mass is 433 g/mol. The van der Waals surface area contributed by atoms with Gasteiger partial charge in [-0.2, -0.15) is 0 Å². The Kier molecular flexibility index (Phi) is 5.13. The molecule has 2 aromatic heterocycles. The zero-order valence-corrected chi connectivity index (χ0v) is 17.6. The molecule has 0 radical (unpaired) electrons. The molecule has 0 atom stereocenters. The molecule has 8 heteroatoms. The van der Waals surface area contributed by atoms with E-state index in [0.29, 0.717) is 35.3 Å². The number of fused-ring (bicyclic) bond motifs is 2. The summed E-state index contributed by atoms with van der Waals surface area (Å²) in [6, 6.07) is 14.7. The van der Waals surface area contributed by atoms with Crippen molar-refractivity contribution in [3.63, 3.8) is 0 Å². The van der Waals surface area contributed by atoms with E-state index in [1.807, 2.05) is 37.3 Å². The summed E-state index contributed by atoms with van der Waals surface area (Å²) in [6.07, 6.45) is 3.46. The summed E-state index contributed by atoms with van der Waals surface area (Å²) in [6.45, 7) is 3.04. The summed E-state index contributed by atoms with van der Waals surface area (Å²) in [5.74, 6) is 1.81. The van der Waals surface area contributed by atoms with Crippen LogP contribution in [0.4, 0.5) is 5.13 Å². The smallest absolute Gasteiger partial charge is 0.260 e. The molecule has 0 bridgehead atoms. The van der Waals surface area contributed by atoms with Crippen molar-refractivity contribution in [2.75, 3.05) is 18.3 Å². The lowest BCUT2D eigenvalue weighted by molar-refractivity contribution is 0.0984. The van der Waals surface area contributed by atoms with Crippen LogP contribution in [0.1, 0.15) is 22.8 Å². The van der Waals surface area contributed by atoms with Crippen LogP contribution in [0.5, 0.6) is 17.2 Å². The summed E-state index contributed by atoms with van der Waals surface area (Å²) >= 11 is 1.45. The van der Waals surface area contributed by atoms with Crippen molar-refractivity contribution in [2.45, 2.75) is 13.5 Å². The van der Waals surface area contributed by atoms with Gasteiger partial charge in [0.05, 0.1) is 23.4 Å². The Balaban J connectivity index is 1.54. The van der Waals surface area contributed by atoms with Crippen molar-refractivity contribution in [3.05, 3.63) is 72.1 Å². The van der Waals surface area contributed by atoms with E-state index in [-0.39, 0.29) is 12.7 Å². The normalized spacial score (nSPS) is 12.2. The average Bonchev–Trinajstić information content (AvgIpc) is 3.44. The van der Waals surface area contributed by atoms with Gasteiger partial charge in [0.1, 0.15) is 5.75 Å². The molecule has 0 N–H and O–H groups in total. The largest absolute Gasteiger partial charge is 0.494 e. The van der Waals surface area contributed by atoms with Gasteiger partial charge in [-0.1, -0.05) is 17.4 Å². The maximum Gasteiger partial charge on any atom is 0.260 e. The standard InChI is InChI=1S/C23H19N3O4S/c1-2-28-17-6-7-18-21(11-17)31-23(25-18)26(13-15-4-3-9-24-12-15)22(27)16-5-8-19-20(10-16)30-14-29-19/h3-12H,2,13-14H2,1H3. The number of benzene rings is 2. The Morgan fingerprint density at radius 1 is 1.16 bits per heavy atom. The van der Waals surface area contributed by atoms with Crippen molar-refractivity contribution >= 4 is 32.6 Å². The molecule has 5 rings (SSSR count). The van der Waals surface area contributed by atoms with Gasteiger partial charge in [-0.3, -0.25) is 14.7 Å². The van der Waals surface area contributed by atoms with Gasteiger partial charge in [0.2, 0.25) is 6.79 Å². The van der Waals surface area contributed by atoms with Gasteiger partial charge in [0.15, 0.2) is 16.6 Å². The van der Waals surface area contributed by atoms with Gasteiger partial charge in [-0.05, 0) is 55.0 Å². The molecule has 31 heavy (non-hydrogen) atoms. The summed E-state index contributed by atoms with van der Waals surface area (Å²) in [5, 5.41) is 0.607. The van der Waals surface area contributed by atoms with E-state index in [2.05, 4.69) is 4.98 Å². The molecule has 2 aromatic carbocycles. The Labute approximate surface area is 182 Å². The summed E-state index contributed by atoms with van der Waals surface area (Å²) < 4.78 is 17.4. The minimum Gasteiger partial charge on any atom is -0.494 e. The maximum absolute atomic E-state index is 13.5. The quantitative estimate of drug-likeness (QED) is 0.440. The third-order valence-electron chi connectivity index (χ3n) is 4.82.